The fraction of sp³-hybridized carbons (Fsp3) is 0.308. The van der Waals surface area contributed by atoms with Gasteiger partial charge in [-0.25, -0.2) is 0 Å². The Morgan fingerprint density at radius 1 is 1.35 bits per heavy atom. The van der Waals surface area contributed by atoms with Gasteiger partial charge in [0.1, 0.15) is 5.75 Å². The zero-order valence-electron chi connectivity index (χ0n) is 9.81. The van der Waals surface area contributed by atoms with Crippen molar-refractivity contribution in [2.24, 2.45) is 0 Å². The van der Waals surface area contributed by atoms with Crippen molar-refractivity contribution >= 4 is 11.3 Å². The summed E-state index contributed by atoms with van der Waals surface area (Å²) < 4.78 is 0. The van der Waals surface area contributed by atoms with Crippen LogP contribution in [0.4, 0.5) is 0 Å². The monoisotopic (exact) mass is 248 g/mol. The number of rotatable bonds is 5. The summed E-state index contributed by atoms with van der Waals surface area (Å²) >= 11 is 1.72. The minimum Gasteiger partial charge on any atom is -0.506 e. The van der Waals surface area contributed by atoms with Crippen LogP contribution < -0.4 is 5.32 Å². The third-order valence-electron chi connectivity index (χ3n) is 2.55. The standard InChI is InChI=1S/C13H16N2OS/c1-10-2-3-13(16)12(15-10)8-14-6-4-11-5-7-17-9-11/h2-3,5,7,9,14,16H,4,6,8H2,1H3. The maximum absolute atomic E-state index is 9.62. The summed E-state index contributed by atoms with van der Waals surface area (Å²) in [5, 5.41) is 17.2. The maximum atomic E-state index is 9.62. The first kappa shape index (κ1) is 12.1. The number of thiophene rings is 1. The molecule has 0 amide bonds. The van der Waals surface area contributed by atoms with Crippen molar-refractivity contribution in [3.05, 3.63) is 45.9 Å². The summed E-state index contributed by atoms with van der Waals surface area (Å²) in [6.07, 6.45) is 1.01. The fourth-order valence-electron chi connectivity index (χ4n) is 1.61. The molecule has 0 bridgehead atoms. The van der Waals surface area contributed by atoms with Gasteiger partial charge >= 0.3 is 0 Å². The third-order valence-corrected chi connectivity index (χ3v) is 3.28. The minimum atomic E-state index is 0.263. The van der Waals surface area contributed by atoms with Gasteiger partial charge in [0.05, 0.1) is 5.69 Å². The third kappa shape index (κ3) is 3.54. The highest BCUT2D eigenvalue weighted by Crippen LogP contribution is 2.14. The van der Waals surface area contributed by atoms with E-state index in [0.717, 1.165) is 24.4 Å². The van der Waals surface area contributed by atoms with E-state index >= 15 is 0 Å². The van der Waals surface area contributed by atoms with E-state index in [-0.39, 0.29) is 5.75 Å². The number of pyridine rings is 1. The van der Waals surface area contributed by atoms with E-state index in [1.807, 2.05) is 13.0 Å². The largest absolute Gasteiger partial charge is 0.506 e. The molecule has 3 nitrogen and oxygen atoms in total. The molecule has 0 aliphatic rings. The van der Waals surface area contributed by atoms with Gasteiger partial charge in [0.2, 0.25) is 0 Å². The molecule has 0 aliphatic heterocycles. The molecule has 0 spiro atoms. The zero-order valence-corrected chi connectivity index (χ0v) is 10.6. The van der Waals surface area contributed by atoms with Crippen molar-refractivity contribution < 1.29 is 5.11 Å². The molecule has 0 saturated heterocycles. The Balaban J connectivity index is 1.80. The van der Waals surface area contributed by atoms with Gasteiger partial charge in [0, 0.05) is 12.2 Å². The van der Waals surface area contributed by atoms with E-state index in [2.05, 4.69) is 27.1 Å². The SMILES string of the molecule is Cc1ccc(O)c(CNCCc2ccsc2)n1. The molecule has 0 radical (unpaired) electrons. The van der Waals surface area contributed by atoms with Crippen LogP contribution >= 0.6 is 11.3 Å². The second kappa shape index (κ2) is 5.80. The van der Waals surface area contributed by atoms with E-state index in [4.69, 9.17) is 0 Å². The molecule has 2 N–H and O–H groups in total. The summed E-state index contributed by atoms with van der Waals surface area (Å²) in [6.45, 7) is 3.43. The molecule has 2 aromatic rings. The first-order valence-electron chi connectivity index (χ1n) is 5.63. The Kier molecular flexibility index (Phi) is 4.12. The number of aromatic hydroxyl groups is 1. The van der Waals surface area contributed by atoms with E-state index in [1.54, 1.807) is 17.4 Å². The Morgan fingerprint density at radius 2 is 2.24 bits per heavy atom. The molecule has 0 unspecified atom stereocenters. The maximum Gasteiger partial charge on any atom is 0.138 e. The van der Waals surface area contributed by atoms with Crippen molar-refractivity contribution in [2.75, 3.05) is 6.54 Å². The Bertz CT molecular complexity index is 468. The Labute approximate surface area is 105 Å². The number of nitrogens with zero attached hydrogens (tertiary/aromatic N) is 1. The second-order valence-electron chi connectivity index (χ2n) is 3.98. The number of nitrogens with one attached hydrogen (secondary N) is 1. The fourth-order valence-corrected chi connectivity index (χ4v) is 2.31. The van der Waals surface area contributed by atoms with E-state index in [1.165, 1.54) is 5.56 Å². The van der Waals surface area contributed by atoms with Crippen molar-refractivity contribution in [2.45, 2.75) is 19.9 Å². The summed E-state index contributed by atoms with van der Waals surface area (Å²) in [5.74, 6) is 0.263. The van der Waals surface area contributed by atoms with Crippen molar-refractivity contribution in [3.63, 3.8) is 0 Å². The van der Waals surface area contributed by atoms with Crippen molar-refractivity contribution in [3.8, 4) is 5.75 Å². The van der Waals surface area contributed by atoms with Crippen LogP contribution in [0.2, 0.25) is 0 Å². The number of hydrogen-bond donors (Lipinski definition) is 2. The molecule has 4 heteroatoms. The highest BCUT2D eigenvalue weighted by atomic mass is 32.1. The molecule has 17 heavy (non-hydrogen) atoms. The van der Waals surface area contributed by atoms with Gasteiger partial charge < -0.3 is 10.4 Å². The quantitative estimate of drug-likeness (QED) is 0.799. The first-order chi connectivity index (χ1) is 8.25. The van der Waals surface area contributed by atoms with Gasteiger partial charge in [-0.2, -0.15) is 11.3 Å². The van der Waals surface area contributed by atoms with Crippen LogP contribution in [0.1, 0.15) is 17.0 Å². The van der Waals surface area contributed by atoms with E-state index in [0.29, 0.717) is 6.54 Å². The van der Waals surface area contributed by atoms with E-state index in [9.17, 15) is 5.11 Å². The zero-order chi connectivity index (χ0) is 12.1. The summed E-state index contributed by atoms with van der Waals surface area (Å²) in [4.78, 5) is 4.30. The van der Waals surface area contributed by atoms with Crippen LogP contribution in [0, 0.1) is 6.92 Å². The lowest BCUT2D eigenvalue weighted by atomic mass is 10.2. The summed E-state index contributed by atoms with van der Waals surface area (Å²) in [5.41, 5.74) is 3.00. The molecular weight excluding hydrogens is 232 g/mol. The summed E-state index contributed by atoms with van der Waals surface area (Å²) in [7, 11) is 0. The lowest BCUT2D eigenvalue weighted by Crippen LogP contribution is -2.17. The summed E-state index contributed by atoms with van der Waals surface area (Å²) in [6, 6.07) is 5.64. The van der Waals surface area contributed by atoms with Gasteiger partial charge in [0.25, 0.3) is 0 Å². The predicted octanol–water partition coefficient (Wildman–Crippen LogP) is 2.49. The molecular formula is C13H16N2OS. The van der Waals surface area contributed by atoms with Crippen LogP contribution in [-0.2, 0) is 13.0 Å². The molecule has 0 aliphatic carbocycles. The molecule has 90 valence electrons. The minimum absolute atomic E-state index is 0.263. The van der Waals surface area contributed by atoms with Crippen molar-refractivity contribution in [1.82, 2.24) is 10.3 Å². The number of aryl methyl sites for hydroxylation is 1. The van der Waals surface area contributed by atoms with Gasteiger partial charge in [-0.1, -0.05) is 0 Å². The number of hydrogen-bond acceptors (Lipinski definition) is 4. The first-order valence-corrected chi connectivity index (χ1v) is 6.57. The second-order valence-corrected chi connectivity index (χ2v) is 4.76. The van der Waals surface area contributed by atoms with Crippen LogP contribution in [0.3, 0.4) is 0 Å². The lowest BCUT2D eigenvalue weighted by molar-refractivity contribution is 0.459. The highest BCUT2D eigenvalue weighted by Gasteiger charge is 2.02. The van der Waals surface area contributed by atoms with Gasteiger partial charge in [-0.15, -0.1) is 0 Å². The molecule has 0 saturated carbocycles. The molecule has 0 atom stereocenters. The Morgan fingerprint density at radius 3 is 3.00 bits per heavy atom. The van der Waals surface area contributed by atoms with Gasteiger partial charge in [-0.05, 0) is 54.4 Å². The van der Waals surface area contributed by atoms with Gasteiger partial charge in [0.15, 0.2) is 0 Å². The average molecular weight is 248 g/mol. The van der Waals surface area contributed by atoms with Gasteiger partial charge in [-0.3, -0.25) is 4.98 Å². The molecule has 2 heterocycles. The van der Waals surface area contributed by atoms with E-state index < -0.39 is 0 Å². The van der Waals surface area contributed by atoms with Crippen LogP contribution in [0.25, 0.3) is 0 Å². The van der Waals surface area contributed by atoms with Crippen molar-refractivity contribution in [1.29, 1.82) is 0 Å². The molecule has 2 aromatic heterocycles. The predicted molar refractivity (Wildman–Crippen MR) is 70.4 cm³/mol. The Hall–Kier alpha value is -1.39. The topological polar surface area (TPSA) is 45.1 Å². The average Bonchev–Trinajstić information content (AvgIpc) is 2.82. The lowest BCUT2D eigenvalue weighted by Gasteiger charge is -2.06. The van der Waals surface area contributed by atoms with Crippen LogP contribution in [0.15, 0.2) is 29.0 Å². The molecule has 0 aromatic carbocycles. The number of aromatic nitrogens is 1. The molecule has 2 rings (SSSR count). The molecule has 0 fully saturated rings. The smallest absolute Gasteiger partial charge is 0.138 e. The van der Waals surface area contributed by atoms with Crippen LogP contribution in [0.5, 0.6) is 5.75 Å². The normalized spacial score (nSPS) is 10.6. The van der Waals surface area contributed by atoms with Crippen LogP contribution in [-0.4, -0.2) is 16.6 Å². The highest BCUT2D eigenvalue weighted by molar-refractivity contribution is 7.07.